The summed E-state index contributed by atoms with van der Waals surface area (Å²) in [5, 5.41) is 10.3. The standard InChI is InChI=1S/C2H3NO2S2/c4-3(5)2(7)1-6/h1,6-7H/b2-1-. The normalized spacial score (nSPS) is 11.4. The maximum Gasteiger partial charge on any atom is 0.306 e. The molecule has 0 aliphatic carbocycles. The second kappa shape index (κ2) is 2.92. The SMILES string of the molecule is O=[N+]([O-])/C(S)=C/S. The number of nitro groups is 1. The Kier molecular flexibility index (Phi) is 2.86. The Labute approximate surface area is 51.4 Å². The highest BCUT2D eigenvalue weighted by atomic mass is 32.1. The van der Waals surface area contributed by atoms with Crippen LogP contribution in [-0.4, -0.2) is 4.92 Å². The van der Waals surface area contributed by atoms with Gasteiger partial charge in [0.15, 0.2) is 0 Å². The quantitative estimate of drug-likeness (QED) is 0.320. The molecule has 0 radical (unpaired) electrons. The summed E-state index contributed by atoms with van der Waals surface area (Å²) in [6.07, 6.45) is 0. The van der Waals surface area contributed by atoms with Crippen molar-refractivity contribution >= 4 is 25.3 Å². The first-order valence-corrected chi connectivity index (χ1v) is 2.32. The van der Waals surface area contributed by atoms with Gasteiger partial charge in [0.1, 0.15) is 0 Å². The highest BCUT2D eigenvalue weighted by Gasteiger charge is 1.97. The Bertz CT molecular complexity index is 110. The molecule has 0 spiro atoms. The lowest BCUT2D eigenvalue weighted by atomic mass is 11.0. The molecule has 0 aliphatic rings. The maximum atomic E-state index is 9.54. The van der Waals surface area contributed by atoms with Crippen molar-refractivity contribution in [3.05, 3.63) is 20.6 Å². The molecule has 3 nitrogen and oxygen atoms in total. The van der Waals surface area contributed by atoms with Gasteiger partial charge in [0.2, 0.25) is 0 Å². The summed E-state index contributed by atoms with van der Waals surface area (Å²) >= 11 is 6.89. The second-order valence-corrected chi connectivity index (χ2v) is 1.46. The van der Waals surface area contributed by atoms with Crippen LogP contribution in [0.25, 0.3) is 0 Å². The molecule has 0 saturated carbocycles. The minimum Gasteiger partial charge on any atom is -0.258 e. The Morgan fingerprint density at radius 2 is 2.29 bits per heavy atom. The minimum absolute atomic E-state index is 0.247. The molecule has 0 bridgehead atoms. The summed E-state index contributed by atoms with van der Waals surface area (Å²) in [6.45, 7) is 0. The monoisotopic (exact) mass is 137 g/mol. The zero-order chi connectivity index (χ0) is 5.86. The van der Waals surface area contributed by atoms with Crippen LogP contribution in [0.2, 0.25) is 0 Å². The third kappa shape index (κ3) is 2.52. The molecule has 0 rings (SSSR count). The second-order valence-electron chi connectivity index (χ2n) is 0.744. The predicted octanol–water partition coefficient (Wildman–Crippen LogP) is 0.922. The van der Waals surface area contributed by atoms with Gasteiger partial charge < -0.3 is 0 Å². The van der Waals surface area contributed by atoms with E-state index in [0.29, 0.717) is 0 Å². The van der Waals surface area contributed by atoms with Crippen LogP contribution in [0.1, 0.15) is 0 Å². The lowest BCUT2D eigenvalue weighted by molar-refractivity contribution is -0.409. The lowest BCUT2D eigenvalue weighted by Crippen LogP contribution is -1.88. The van der Waals surface area contributed by atoms with Crippen molar-refractivity contribution in [2.24, 2.45) is 0 Å². The van der Waals surface area contributed by atoms with Crippen molar-refractivity contribution in [2.75, 3.05) is 0 Å². The fourth-order valence-corrected chi connectivity index (χ4v) is 0.141. The smallest absolute Gasteiger partial charge is 0.258 e. The van der Waals surface area contributed by atoms with Crippen molar-refractivity contribution in [1.82, 2.24) is 0 Å². The van der Waals surface area contributed by atoms with Gasteiger partial charge in [0.25, 0.3) is 0 Å². The molecule has 40 valence electrons. The van der Waals surface area contributed by atoms with E-state index in [0.717, 1.165) is 5.41 Å². The lowest BCUT2D eigenvalue weighted by Gasteiger charge is -1.80. The van der Waals surface area contributed by atoms with E-state index in [1.807, 2.05) is 0 Å². The maximum absolute atomic E-state index is 9.54. The van der Waals surface area contributed by atoms with E-state index in [2.05, 4.69) is 25.3 Å². The van der Waals surface area contributed by atoms with Crippen LogP contribution in [0.4, 0.5) is 0 Å². The van der Waals surface area contributed by atoms with Gasteiger partial charge in [0.05, 0.1) is 10.3 Å². The van der Waals surface area contributed by atoms with Gasteiger partial charge in [-0.3, -0.25) is 10.1 Å². The van der Waals surface area contributed by atoms with E-state index in [-0.39, 0.29) is 5.03 Å². The number of thiol groups is 2. The summed E-state index contributed by atoms with van der Waals surface area (Å²) < 4.78 is 0. The summed E-state index contributed by atoms with van der Waals surface area (Å²) in [7, 11) is 0. The minimum atomic E-state index is -0.629. The Morgan fingerprint density at radius 3 is 2.29 bits per heavy atom. The van der Waals surface area contributed by atoms with Gasteiger partial charge >= 0.3 is 5.03 Å². The zero-order valence-electron chi connectivity index (χ0n) is 3.24. The topological polar surface area (TPSA) is 43.1 Å². The number of hydrogen-bond acceptors (Lipinski definition) is 4. The largest absolute Gasteiger partial charge is 0.306 e. The number of rotatable bonds is 1. The number of nitrogens with zero attached hydrogens (tertiary/aromatic N) is 1. The van der Waals surface area contributed by atoms with Crippen molar-refractivity contribution in [3.8, 4) is 0 Å². The van der Waals surface area contributed by atoms with E-state index in [4.69, 9.17) is 0 Å². The summed E-state index contributed by atoms with van der Waals surface area (Å²) in [6, 6.07) is 0. The third-order valence-corrected chi connectivity index (χ3v) is 1.04. The van der Waals surface area contributed by atoms with Crippen LogP contribution < -0.4 is 0 Å². The van der Waals surface area contributed by atoms with Gasteiger partial charge in [-0.05, 0) is 0 Å². The van der Waals surface area contributed by atoms with Crippen LogP contribution >= 0.6 is 25.3 Å². The van der Waals surface area contributed by atoms with Gasteiger partial charge in [0, 0.05) is 0 Å². The highest BCUT2D eigenvalue weighted by Crippen LogP contribution is 2.00. The highest BCUT2D eigenvalue weighted by molar-refractivity contribution is 7.87. The molecular weight excluding hydrogens is 134 g/mol. The molecule has 0 saturated heterocycles. The van der Waals surface area contributed by atoms with Crippen LogP contribution in [-0.2, 0) is 0 Å². The predicted molar refractivity (Wildman–Crippen MR) is 33.0 cm³/mol. The summed E-state index contributed by atoms with van der Waals surface area (Å²) in [5.41, 5.74) is 0. The van der Waals surface area contributed by atoms with Crippen LogP contribution in [0.3, 0.4) is 0 Å². The molecule has 0 aliphatic heterocycles. The molecule has 0 heterocycles. The van der Waals surface area contributed by atoms with E-state index < -0.39 is 4.92 Å². The van der Waals surface area contributed by atoms with Gasteiger partial charge in [-0.2, -0.15) is 0 Å². The van der Waals surface area contributed by atoms with E-state index in [1.165, 1.54) is 0 Å². The fraction of sp³-hybridized carbons (Fsp3) is 0. The molecule has 0 aromatic heterocycles. The van der Waals surface area contributed by atoms with E-state index in [9.17, 15) is 10.1 Å². The van der Waals surface area contributed by atoms with Crippen molar-refractivity contribution in [1.29, 1.82) is 0 Å². The Hall–Kier alpha value is -0.160. The first kappa shape index (κ1) is 6.84. The molecule has 5 heteroatoms. The van der Waals surface area contributed by atoms with Gasteiger partial charge in [-0.15, -0.1) is 12.6 Å². The zero-order valence-corrected chi connectivity index (χ0v) is 5.02. The first-order valence-electron chi connectivity index (χ1n) is 1.36. The average molecular weight is 137 g/mol. The van der Waals surface area contributed by atoms with E-state index >= 15 is 0 Å². The molecule has 0 N–H and O–H groups in total. The van der Waals surface area contributed by atoms with Crippen LogP contribution in [0.5, 0.6) is 0 Å². The summed E-state index contributed by atoms with van der Waals surface area (Å²) in [5.74, 6) is 0. The molecular formula is C2H3NO2S2. The van der Waals surface area contributed by atoms with Crippen molar-refractivity contribution < 1.29 is 4.92 Å². The fourth-order valence-electron chi connectivity index (χ4n) is 0.0471. The average Bonchev–Trinajstić information content (AvgIpc) is 1.65. The van der Waals surface area contributed by atoms with Crippen LogP contribution in [0.15, 0.2) is 10.4 Å². The van der Waals surface area contributed by atoms with Crippen LogP contribution in [0, 0.1) is 10.1 Å². The Morgan fingerprint density at radius 1 is 1.86 bits per heavy atom. The molecule has 0 amide bonds. The first-order chi connectivity index (χ1) is 3.18. The van der Waals surface area contributed by atoms with Gasteiger partial charge in [-0.1, -0.05) is 12.6 Å². The third-order valence-electron chi connectivity index (χ3n) is 0.303. The van der Waals surface area contributed by atoms with Crippen molar-refractivity contribution in [3.63, 3.8) is 0 Å². The number of hydrogen-bond donors (Lipinski definition) is 2. The molecule has 0 aromatic rings. The Balaban J connectivity index is 3.82. The van der Waals surface area contributed by atoms with E-state index in [1.54, 1.807) is 0 Å². The molecule has 7 heavy (non-hydrogen) atoms. The molecule has 0 fully saturated rings. The molecule has 0 unspecified atom stereocenters. The van der Waals surface area contributed by atoms with Gasteiger partial charge in [-0.25, -0.2) is 0 Å². The molecule has 0 aromatic carbocycles. The molecule has 0 atom stereocenters. The van der Waals surface area contributed by atoms with Crippen molar-refractivity contribution in [2.45, 2.75) is 0 Å². The summed E-state index contributed by atoms with van der Waals surface area (Å²) in [4.78, 5) is 8.91.